The molecule has 2 unspecified atom stereocenters. The molecule has 4 aliphatic rings. The molecular formula is C61H81N9O18S3. The quantitative estimate of drug-likeness (QED) is 0.0700. The number of aliphatic hydroxyl groups excluding tert-OH is 1. The number of nitrogens with zero attached hydrogens (tertiary/aromatic N) is 1. The number of Topliss-reactive ketones (excluding diaryl/α,β-unsaturated/α-hetero) is 5. The smallest absolute Gasteiger partial charge is 0.343 e. The summed E-state index contributed by atoms with van der Waals surface area (Å²) in [6, 6.07) is -0.432. The lowest BCUT2D eigenvalue weighted by atomic mass is 9.86. The van der Waals surface area contributed by atoms with Crippen molar-refractivity contribution in [2.24, 2.45) is 29.6 Å². The molecule has 1 saturated heterocycles. The van der Waals surface area contributed by atoms with Crippen LogP contribution >= 0.6 is 35.3 Å². The van der Waals surface area contributed by atoms with Gasteiger partial charge in [0.25, 0.3) is 5.91 Å². The number of aliphatic carboxylic acids is 2. The van der Waals surface area contributed by atoms with E-state index in [-0.39, 0.29) is 78.6 Å². The first kappa shape index (κ1) is 72.6. The summed E-state index contributed by atoms with van der Waals surface area (Å²) in [5.41, 5.74) is 1.29. The topological polar surface area (TPSA) is 420 Å². The van der Waals surface area contributed by atoms with Gasteiger partial charge in [0, 0.05) is 98.0 Å². The van der Waals surface area contributed by atoms with Crippen molar-refractivity contribution in [2.45, 2.75) is 160 Å². The average molecular weight is 1320 g/mol. The predicted molar refractivity (Wildman–Crippen MR) is 334 cm³/mol. The number of H-pyrrole nitrogens is 1. The zero-order chi connectivity index (χ0) is 66.8. The Labute approximate surface area is 538 Å². The molecule has 1 aromatic heterocycles. The van der Waals surface area contributed by atoms with Crippen molar-refractivity contribution < 1.29 is 87.2 Å². The number of unbranched alkanes of at least 4 members (excludes halogenated alkanes) is 1. The first-order valence-corrected chi connectivity index (χ1v) is 33.4. The maximum absolute atomic E-state index is 14.9. The molecule has 1 fully saturated rings. The van der Waals surface area contributed by atoms with Gasteiger partial charge in [-0.05, 0) is 54.4 Å². The number of nitrogens with one attached hydrogen (secondary N) is 8. The van der Waals surface area contributed by atoms with Gasteiger partial charge >= 0.3 is 11.9 Å². The van der Waals surface area contributed by atoms with Crippen LogP contribution in [0, 0.1) is 29.6 Å². The van der Waals surface area contributed by atoms with Gasteiger partial charge in [-0.2, -0.15) is 0 Å². The van der Waals surface area contributed by atoms with Gasteiger partial charge in [-0.3, -0.25) is 67.1 Å². The Morgan fingerprint density at radius 1 is 0.714 bits per heavy atom. The molecule has 496 valence electrons. The van der Waals surface area contributed by atoms with E-state index in [0.29, 0.717) is 57.8 Å². The highest BCUT2D eigenvalue weighted by Crippen LogP contribution is 2.40. The number of hydrogen-bond acceptors (Lipinski definition) is 19. The second-order valence-electron chi connectivity index (χ2n) is 23.6. The number of aromatic amines is 1. The van der Waals surface area contributed by atoms with E-state index in [1.807, 2.05) is 0 Å². The molecule has 4 aliphatic heterocycles. The van der Waals surface area contributed by atoms with Crippen LogP contribution in [-0.2, 0) is 84.8 Å². The third kappa shape index (κ3) is 20.8. The van der Waals surface area contributed by atoms with Gasteiger partial charge in [0.1, 0.15) is 28.6 Å². The Balaban J connectivity index is 1.24. The van der Waals surface area contributed by atoms with E-state index in [9.17, 15) is 87.2 Å². The number of benzene rings is 1. The lowest BCUT2D eigenvalue weighted by Crippen LogP contribution is -2.55. The molecule has 27 nitrogen and oxygen atoms in total. The Morgan fingerprint density at radius 3 is 2.05 bits per heavy atom. The van der Waals surface area contributed by atoms with Gasteiger partial charge in [0.15, 0.2) is 17.3 Å². The van der Waals surface area contributed by atoms with E-state index in [1.165, 1.54) is 6.92 Å². The summed E-state index contributed by atoms with van der Waals surface area (Å²) in [6.07, 6.45) is -2.59. The van der Waals surface area contributed by atoms with Gasteiger partial charge in [0.05, 0.1) is 60.1 Å². The number of fused-ring (bicyclic) bond motifs is 5. The number of hydrogen-bond donors (Lipinski definition) is 11. The van der Waals surface area contributed by atoms with Gasteiger partial charge in [-0.25, -0.2) is 4.79 Å². The Morgan fingerprint density at radius 2 is 1.37 bits per heavy atom. The fourth-order valence-corrected chi connectivity index (χ4v) is 14.5. The Hall–Kier alpha value is -7.44. The van der Waals surface area contributed by atoms with Crippen molar-refractivity contribution in [3.05, 3.63) is 39.1 Å². The number of rotatable bonds is 23. The summed E-state index contributed by atoms with van der Waals surface area (Å²) in [6.45, 7) is 6.31. The molecule has 2 bridgehead atoms. The van der Waals surface area contributed by atoms with Crippen LogP contribution in [0.25, 0.3) is 10.9 Å². The highest BCUT2D eigenvalue weighted by molar-refractivity contribution is 8.23. The molecular weight excluding hydrogens is 1240 g/mol. The zero-order valence-electron chi connectivity index (χ0n) is 51.5. The van der Waals surface area contributed by atoms with E-state index in [2.05, 4.69) is 42.2 Å². The SMILES string of the molecule is CCC(C)[C@@H]1NC(=O)[C@@H]2C[C@@H](O)CN2C(=O)[C@H](CC(=O)O)CC(=O)[C@@H]2CSc3[nH]c4ccc(CC(=O)CNC(=O)C(C)CC(=O)CCCCC(=O)CCNC(=O)C5=C(C(=O)O)SCS5)cc4c3C[C@H](CC1=O)C(=O)NCC(=O)N[C@@H]([C@@H](C)CC)C(=O)NCC(=O)N2. The summed E-state index contributed by atoms with van der Waals surface area (Å²) in [5, 5.41) is 49.6. The molecule has 8 amide bonds. The van der Waals surface area contributed by atoms with Crippen molar-refractivity contribution in [2.75, 3.05) is 43.6 Å². The van der Waals surface area contributed by atoms with Crippen LogP contribution in [0.5, 0.6) is 0 Å². The van der Waals surface area contributed by atoms with E-state index in [4.69, 9.17) is 0 Å². The van der Waals surface area contributed by atoms with Gasteiger partial charge in [0.2, 0.25) is 41.4 Å². The van der Waals surface area contributed by atoms with Crippen LogP contribution in [0.2, 0.25) is 0 Å². The number of carbonyl (C=O) groups is 15. The van der Waals surface area contributed by atoms with Gasteiger partial charge < -0.3 is 62.4 Å². The van der Waals surface area contributed by atoms with Crippen LogP contribution in [-0.4, -0.2) is 187 Å². The van der Waals surface area contributed by atoms with Crippen molar-refractivity contribution in [1.29, 1.82) is 0 Å². The Bertz CT molecular complexity index is 3210. The molecule has 30 heteroatoms. The molecule has 0 saturated carbocycles. The summed E-state index contributed by atoms with van der Waals surface area (Å²) < 4.78 is 0. The maximum atomic E-state index is 14.9. The number of amides is 8. The van der Waals surface area contributed by atoms with Crippen LogP contribution in [0.15, 0.2) is 33.0 Å². The largest absolute Gasteiger partial charge is 0.481 e. The normalized spacial score (nSPS) is 23.5. The fourth-order valence-electron chi connectivity index (χ4n) is 11.1. The van der Waals surface area contributed by atoms with Crippen LogP contribution in [0.4, 0.5) is 0 Å². The predicted octanol–water partition coefficient (Wildman–Crippen LogP) is 1.39. The number of aromatic nitrogens is 1. The molecule has 5 heterocycles. The molecule has 0 aliphatic carbocycles. The number of ketones is 5. The fraction of sp³-hybridized carbons (Fsp3) is 0.590. The van der Waals surface area contributed by atoms with Crippen molar-refractivity contribution in [3.8, 4) is 0 Å². The molecule has 91 heavy (non-hydrogen) atoms. The Kier molecular flexibility index (Phi) is 27.4. The second-order valence-corrected chi connectivity index (χ2v) is 27.0. The summed E-state index contributed by atoms with van der Waals surface area (Å²) in [7, 11) is 0. The van der Waals surface area contributed by atoms with Crippen LogP contribution in [0.1, 0.15) is 123 Å². The number of thioether (sulfide) groups is 3. The van der Waals surface area contributed by atoms with Crippen molar-refractivity contribution in [3.63, 3.8) is 0 Å². The van der Waals surface area contributed by atoms with Crippen LogP contribution in [0.3, 0.4) is 0 Å². The minimum atomic E-state index is -1.61. The monoisotopic (exact) mass is 1320 g/mol. The van der Waals surface area contributed by atoms with Gasteiger partial charge in [-0.15, -0.1) is 35.3 Å². The summed E-state index contributed by atoms with van der Waals surface area (Å²) in [5.74, 6) is -16.1. The molecule has 1 aromatic carbocycles. The van der Waals surface area contributed by atoms with E-state index < -0.39 is 182 Å². The molecule has 0 radical (unpaired) electrons. The number of carbonyl (C=O) groups excluding carboxylic acids is 13. The maximum Gasteiger partial charge on any atom is 0.343 e. The van der Waals surface area contributed by atoms with Crippen LogP contribution < -0.4 is 37.2 Å². The molecule has 11 N–H and O–H groups in total. The van der Waals surface area contributed by atoms with Crippen molar-refractivity contribution in [1.82, 2.24) is 47.1 Å². The summed E-state index contributed by atoms with van der Waals surface area (Å²) in [4.78, 5) is 207. The minimum absolute atomic E-state index is 0.0272. The highest BCUT2D eigenvalue weighted by atomic mass is 32.2. The van der Waals surface area contributed by atoms with Gasteiger partial charge in [-0.1, -0.05) is 53.5 Å². The van der Waals surface area contributed by atoms with Crippen molar-refractivity contribution >= 4 is 134 Å². The van der Waals surface area contributed by atoms with E-state index in [1.54, 1.807) is 45.9 Å². The number of carboxylic acid groups (broad SMARTS) is 2. The zero-order valence-corrected chi connectivity index (χ0v) is 53.9. The molecule has 6 rings (SSSR count). The second kappa shape index (κ2) is 34.3. The van der Waals surface area contributed by atoms with E-state index in [0.717, 1.165) is 40.2 Å². The first-order valence-electron chi connectivity index (χ1n) is 30.5. The molecule has 10 atom stereocenters. The summed E-state index contributed by atoms with van der Waals surface area (Å²) >= 11 is 3.17. The number of carboxylic acids is 2. The molecule has 0 spiro atoms. The average Bonchev–Trinajstić information content (AvgIpc) is 1.81. The molecule has 2 aromatic rings. The highest BCUT2D eigenvalue weighted by Gasteiger charge is 2.44. The lowest BCUT2D eigenvalue weighted by Gasteiger charge is -2.31. The third-order valence-corrected chi connectivity index (χ3v) is 20.2. The minimum Gasteiger partial charge on any atom is -0.481 e. The standard InChI is InChI=1S/C61H81N9O18S3/c1-6-30(3)50-46(76)20-34-19-41-40-18-33(17-38(73)24-63-54(81)32(5)16-37(72)11-9-8-10-36(71)14-15-62-58(85)52-53(61(87)88)91-29-90-52)12-13-42(40)67-59(41)89-28-43(66-47(77)25-65-57(84)51(31(4)7-2)68-48(78)26-64-55(34)82)45(75)21-35(22-49(79)80)60(86)70-27-39(74)23-44(70)56(83)69-50/h12-13,18,30-32,34-35,39,43-44,50-51,67,74H,6-11,14-17,19-29H2,1-5H3,(H,62,85)(H,63,81)(H,64,82)(H,65,84)(H,66,77)(H,68,78)(H,69,83)(H,79,80)(H,87,88)/t30?,31-,32?,34+,35-,39+,43-,44-,50-,51-/m0/s1. The van der Waals surface area contributed by atoms with E-state index >= 15 is 0 Å². The lowest BCUT2D eigenvalue weighted by molar-refractivity contribution is -0.148. The number of aliphatic hydroxyl groups is 1. The first-order chi connectivity index (χ1) is 43.2. The third-order valence-electron chi connectivity index (χ3n) is 16.6.